The Morgan fingerprint density at radius 2 is 1.71 bits per heavy atom. The SMILES string of the molecule is CNC(=O)CC(=O)NC(CCC(=O)O)C(=O)O. The molecule has 0 aromatic carbocycles. The number of hydrogen-bond donors (Lipinski definition) is 4. The fourth-order valence-corrected chi connectivity index (χ4v) is 1.00. The van der Waals surface area contributed by atoms with Gasteiger partial charge in [-0.2, -0.15) is 0 Å². The minimum Gasteiger partial charge on any atom is -0.481 e. The Hall–Kier alpha value is -2.12. The first-order chi connectivity index (χ1) is 7.86. The summed E-state index contributed by atoms with van der Waals surface area (Å²) in [5.41, 5.74) is 0. The molecule has 0 aromatic heterocycles. The lowest BCUT2D eigenvalue weighted by atomic mass is 10.1. The van der Waals surface area contributed by atoms with Gasteiger partial charge in [0.2, 0.25) is 11.8 Å². The molecule has 0 rings (SSSR count). The fraction of sp³-hybridized carbons (Fsp3) is 0.556. The zero-order chi connectivity index (χ0) is 13.4. The van der Waals surface area contributed by atoms with Crippen LogP contribution in [0.1, 0.15) is 19.3 Å². The van der Waals surface area contributed by atoms with Crippen molar-refractivity contribution in [2.45, 2.75) is 25.3 Å². The molecule has 0 saturated carbocycles. The molecule has 0 bridgehead atoms. The van der Waals surface area contributed by atoms with Crippen LogP contribution in [-0.4, -0.2) is 47.1 Å². The highest BCUT2D eigenvalue weighted by Crippen LogP contribution is 1.98. The summed E-state index contributed by atoms with van der Waals surface area (Å²) in [6.07, 6.45) is -1.10. The minimum atomic E-state index is -1.34. The molecule has 8 heteroatoms. The highest BCUT2D eigenvalue weighted by Gasteiger charge is 2.21. The molecule has 0 fully saturated rings. The predicted octanol–water partition coefficient (Wildman–Crippen LogP) is -1.44. The van der Waals surface area contributed by atoms with Gasteiger partial charge in [-0.1, -0.05) is 0 Å². The van der Waals surface area contributed by atoms with Gasteiger partial charge < -0.3 is 20.8 Å². The topological polar surface area (TPSA) is 133 Å². The maximum Gasteiger partial charge on any atom is 0.326 e. The second kappa shape index (κ2) is 7.20. The van der Waals surface area contributed by atoms with E-state index in [1.54, 1.807) is 0 Å². The molecule has 4 N–H and O–H groups in total. The molecular formula is C9H14N2O6. The summed E-state index contributed by atoms with van der Waals surface area (Å²) >= 11 is 0. The first kappa shape index (κ1) is 14.9. The van der Waals surface area contributed by atoms with E-state index in [0.29, 0.717) is 0 Å². The van der Waals surface area contributed by atoms with Crippen molar-refractivity contribution in [3.05, 3.63) is 0 Å². The molecule has 17 heavy (non-hydrogen) atoms. The summed E-state index contributed by atoms with van der Waals surface area (Å²) in [5.74, 6) is -3.81. The Labute approximate surface area is 97.0 Å². The van der Waals surface area contributed by atoms with Gasteiger partial charge in [-0.15, -0.1) is 0 Å². The zero-order valence-electron chi connectivity index (χ0n) is 9.23. The van der Waals surface area contributed by atoms with Gasteiger partial charge in [0.15, 0.2) is 0 Å². The van der Waals surface area contributed by atoms with E-state index in [0.717, 1.165) is 0 Å². The Balaban J connectivity index is 4.25. The van der Waals surface area contributed by atoms with Crippen LogP contribution in [0.3, 0.4) is 0 Å². The average molecular weight is 246 g/mol. The van der Waals surface area contributed by atoms with Crippen LogP contribution in [0.25, 0.3) is 0 Å². The summed E-state index contributed by atoms with van der Waals surface area (Å²) in [6.45, 7) is 0. The maximum absolute atomic E-state index is 11.2. The minimum absolute atomic E-state index is 0.232. The Morgan fingerprint density at radius 3 is 2.12 bits per heavy atom. The first-order valence-electron chi connectivity index (χ1n) is 4.81. The van der Waals surface area contributed by atoms with E-state index in [-0.39, 0.29) is 12.8 Å². The third-order valence-corrected chi connectivity index (χ3v) is 1.88. The highest BCUT2D eigenvalue weighted by atomic mass is 16.4. The smallest absolute Gasteiger partial charge is 0.326 e. The summed E-state index contributed by atoms with van der Waals surface area (Å²) < 4.78 is 0. The molecule has 0 radical (unpaired) electrons. The van der Waals surface area contributed by atoms with Crippen LogP contribution >= 0.6 is 0 Å². The van der Waals surface area contributed by atoms with Crippen LogP contribution in [0.2, 0.25) is 0 Å². The molecule has 0 aliphatic rings. The van der Waals surface area contributed by atoms with Crippen LogP contribution < -0.4 is 10.6 Å². The Bertz CT molecular complexity index is 327. The molecular weight excluding hydrogens is 232 g/mol. The van der Waals surface area contributed by atoms with E-state index in [4.69, 9.17) is 10.2 Å². The van der Waals surface area contributed by atoms with E-state index in [2.05, 4.69) is 10.6 Å². The number of aliphatic carboxylic acids is 2. The van der Waals surface area contributed by atoms with E-state index in [1.807, 2.05) is 0 Å². The molecule has 1 atom stereocenters. The van der Waals surface area contributed by atoms with Gasteiger partial charge in [-0.3, -0.25) is 14.4 Å². The molecule has 96 valence electrons. The summed E-state index contributed by atoms with van der Waals surface area (Å²) in [6, 6.07) is -1.30. The number of carbonyl (C=O) groups excluding carboxylic acids is 2. The normalized spacial score (nSPS) is 11.4. The van der Waals surface area contributed by atoms with Gasteiger partial charge in [0.05, 0.1) is 0 Å². The Kier molecular flexibility index (Phi) is 6.30. The molecule has 8 nitrogen and oxygen atoms in total. The molecule has 0 saturated heterocycles. The van der Waals surface area contributed by atoms with Gasteiger partial charge in [0, 0.05) is 13.5 Å². The van der Waals surface area contributed by atoms with Crippen LogP contribution in [0.15, 0.2) is 0 Å². The van der Waals surface area contributed by atoms with Crippen molar-refractivity contribution in [1.29, 1.82) is 0 Å². The number of carbonyl (C=O) groups is 4. The highest BCUT2D eigenvalue weighted by molar-refractivity contribution is 5.98. The lowest BCUT2D eigenvalue weighted by Crippen LogP contribution is -2.42. The molecule has 2 amide bonds. The van der Waals surface area contributed by atoms with E-state index in [9.17, 15) is 19.2 Å². The van der Waals surface area contributed by atoms with Crippen molar-refractivity contribution < 1.29 is 29.4 Å². The largest absolute Gasteiger partial charge is 0.481 e. The second-order valence-corrected chi connectivity index (χ2v) is 3.24. The van der Waals surface area contributed by atoms with E-state index >= 15 is 0 Å². The number of carboxylic acid groups (broad SMARTS) is 2. The van der Waals surface area contributed by atoms with Gasteiger partial charge in [-0.05, 0) is 6.42 Å². The summed E-state index contributed by atoms with van der Waals surface area (Å²) in [4.78, 5) is 43.0. The van der Waals surface area contributed by atoms with Crippen molar-refractivity contribution in [3.63, 3.8) is 0 Å². The monoisotopic (exact) mass is 246 g/mol. The number of amides is 2. The number of nitrogens with one attached hydrogen (secondary N) is 2. The number of carboxylic acids is 2. The molecule has 0 spiro atoms. The standard InChI is InChI=1S/C9H14N2O6/c1-10-6(12)4-7(13)11-5(9(16)17)2-3-8(14)15/h5H,2-4H2,1H3,(H,10,12)(H,11,13)(H,14,15)(H,16,17). The molecule has 0 aliphatic carbocycles. The van der Waals surface area contributed by atoms with Crippen LogP contribution in [0.5, 0.6) is 0 Å². The van der Waals surface area contributed by atoms with Crippen molar-refractivity contribution in [2.24, 2.45) is 0 Å². The fourth-order valence-electron chi connectivity index (χ4n) is 1.00. The van der Waals surface area contributed by atoms with Crippen molar-refractivity contribution in [1.82, 2.24) is 10.6 Å². The van der Waals surface area contributed by atoms with Crippen LogP contribution in [0.4, 0.5) is 0 Å². The first-order valence-corrected chi connectivity index (χ1v) is 4.81. The summed E-state index contributed by atoms with van der Waals surface area (Å²) in [5, 5.41) is 21.4. The second-order valence-electron chi connectivity index (χ2n) is 3.24. The molecule has 1 unspecified atom stereocenters. The average Bonchev–Trinajstić information content (AvgIpc) is 2.23. The lowest BCUT2D eigenvalue weighted by Gasteiger charge is -2.12. The number of rotatable bonds is 7. The van der Waals surface area contributed by atoms with E-state index in [1.165, 1.54) is 7.05 Å². The van der Waals surface area contributed by atoms with Crippen LogP contribution in [0, 0.1) is 0 Å². The lowest BCUT2D eigenvalue weighted by molar-refractivity contribution is -0.143. The van der Waals surface area contributed by atoms with Crippen molar-refractivity contribution in [3.8, 4) is 0 Å². The zero-order valence-corrected chi connectivity index (χ0v) is 9.23. The third-order valence-electron chi connectivity index (χ3n) is 1.88. The van der Waals surface area contributed by atoms with Gasteiger partial charge in [0.25, 0.3) is 0 Å². The molecule has 0 heterocycles. The van der Waals surface area contributed by atoms with Crippen molar-refractivity contribution >= 4 is 23.8 Å². The van der Waals surface area contributed by atoms with Gasteiger partial charge >= 0.3 is 11.9 Å². The number of hydrogen-bond acceptors (Lipinski definition) is 4. The quantitative estimate of drug-likeness (QED) is 0.406. The molecule has 0 aliphatic heterocycles. The summed E-state index contributed by atoms with van der Waals surface area (Å²) in [7, 11) is 1.34. The van der Waals surface area contributed by atoms with Gasteiger partial charge in [-0.25, -0.2) is 4.79 Å². The van der Waals surface area contributed by atoms with E-state index < -0.39 is 36.2 Å². The molecule has 0 aromatic rings. The predicted molar refractivity (Wildman–Crippen MR) is 55.1 cm³/mol. The van der Waals surface area contributed by atoms with Crippen molar-refractivity contribution in [2.75, 3.05) is 7.05 Å². The third kappa shape index (κ3) is 6.88. The van der Waals surface area contributed by atoms with Crippen LogP contribution in [-0.2, 0) is 19.2 Å². The maximum atomic E-state index is 11.2. The Morgan fingerprint density at radius 1 is 1.12 bits per heavy atom. The van der Waals surface area contributed by atoms with Gasteiger partial charge in [0.1, 0.15) is 12.5 Å².